The van der Waals surface area contributed by atoms with Crippen LogP contribution in [-0.4, -0.2) is 27.3 Å². The summed E-state index contributed by atoms with van der Waals surface area (Å²) in [6.07, 6.45) is 4.00. The Morgan fingerprint density at radius 3 is 3.04 bits per heavy atom. The monoisotopic (exact) mass is 370 g/mol. The lowest BCUT2D eigenvalue weighted by Crippen LogP contribution is -2.18. The van der Waals surface area contributed by atoms with Gasteiger partial charge in [-0.1, -0.05) is 31.3 Å². The molecule has 1 aliphatic heterocycles. The Bertz CT molecular complexity index is 925. The van der Waals surface area contributed by atoms with E-state index in [4.69, 9.17) is 4.74 Å². The fourth-order valence-corrected chi connectivity index (χ4v) is 4.06. The van der Waals surface area contributed by atoms with E-state index < -0.39 is 0 Å². The molecular formula is C19H22N4O2S. The number of nitrogens with zero attached hydrogens (tertiary/aromatic N) is 3. The molecule has 2 aromatic heterocycles. The first-order valence-electron chi connectivity index (χ1n) is 8.94. The number of anilines is 1. The molecule has 0 aliphatic carbocycles. The fraction of sp³-hybridized carbons (Fsp3) is 0.421. The number of carbonyl (C=O) groups excluding carboxylic acids is 1. The number of hydrogen-bond donors (Lipinski definition) is 1. The van der Waals surface area contributed by atoms with E-state index in [1.54, 1.807) is 0 Å². The van der Waals surface area contributed by atoms with Gasteiger partial charge in [-0.25, -0.2) is 0 Å². The van der Waals surface area contributed by atoms with E-state index in [0.717, 1.165) is 35.4 Å². The van der Waals surface area contributed by atoms with Crippen LogP contribution < -0.4 is 5.32 Å². The van der Waals surface area contributed by atoms with Gasteiger partial charge in [-0.2, -0.15) is 0 Å². The van der Waals surface area contributed by atoms with Gasteiger partial charge in [-0.15, -0.1) is 10.2 Å². The fourth-order valence-electron chi connectivity index (χ4n) is 3.22. The predicted octanol–water partition coefficient (Wildman–Crippen LogP) is 4.11. The van der Waals surface area contributed by atoms with E-state index in [1.165, 1.54) is 16.9 Å². The number of nitrogens with one attached hydrogen (secondary N) is 1. The van der Waals surface area contributed by atoms with Gasteiger partial charge in [-0.3, -0.25) is 10.1 Å². The van der Waals surface area contributed by atoms with Gasteiger partial charge >= 0.3 is 0 Å². The van der Waals surface area contributed by atoms with Crippen LogP contribution in [0.15, 0.2) is 30.5 Å². The lowest BCUT2D eigenvalue weighted by molar-refractivity contribution is -0.116. The molecule has 0 saturated carbocycles. The van der Waals surface area contributed by atoms with Crippen molar-refractivity contribution in [1.29, 1.82) is 0 Å². The second kappa shape index (κ2) is 7.17. The molecular weight excluding hydrogens is 348 g/mol. The van der Waals surface area contributed by atoms with Crippen LogP contribution in [0.5, 0.6) is 0 Å². The third-order valence-corrected chi connectivity index (χ3v) is 5.60. The van der Waals surface area contributed by atoms with Gasteiger partial charge in [0.15, 0.2) is 0 Å². The average molecular weight is 370 g/mol. The van der Waals surface area contributed by atoms with Crippen LogP contribution in [0.3, 0.4) is 0 Å². The third-order valence-electron chi connectivity index (χ3n) is 4.67. The molecule has 1 amide bonds. The third kappa shape index (κ3) is 3.50. The first kappa shape index (κ1) is 17.2. The quantitative estimate of drug-likeness (QED) is 0.734. The zero-order chi connectivity index (χ0) is 18.1. The standard InChI is InChI=1S/C19H22N4O2S/c1-12(2)13-5-6-15-14(10-13)7-8-23(15)11-17(24)20-19-22-21-18(26-19)16-4-3-9-25-16/h5-8,10,12,16H,3-4,9,11H2,1-2H3,(H,20,22,24). The van der Waals surface area contributed by atoms with Crippen LogP contribution in [-0.2, 0) is 16.1 Å². The molecule has 4 rings (SSSR count). The Morgan fingerprint density at radius 1 is 1.38 bits per heavy atom. The van der Waals surface area contributed by atoms with Gasteiger partial charge in [0.1, 0.15) is 17.7 Å². The minimum absolute atomic E-state index is 0.0293. The molecule has 0 spiro atoms. The molecule has 136 valence electrons. The van der Waals surface area contributed by atoms with Gasteiger partial charge in [-0.05, 0) is 47.9 Å². The molecule has 7 heteroatoms. The molecule has 1 atom stereocenters. The zero-order valence-corrected chi connectivity index (χ0v) is 15.8. The van der Waals surface area contributed by atoms with Gasteiger partial charge in [0.2, 0.25) is 11.0 Å². The van der Waals surface area contributed by atoms with Crippen molar-refractivity contribution in [1.82, 2.24) is 14.8 Å². The summed E-state index contributed by atoms with van der Waals surface area (Å²) in [6, 6.07) is 8.44. The first-order chi connectivity index (χ1) is 12.6. The Morgan fingerprint density at radius 2 is 2.27 bits per heavy atom. The summed E-state index contributed by atoms with van der Waals surface area (Å²) in [6.45, 7) is 5.38. The molecule has 0 bridgehead atoms. The van der Waals surface area contributed by atoms with Crippen molar-refractivity contribution < 1.29 is 9.53 Å². The molecule has 1 fully saturated rings. The summed E-state index contributed by atoms with van der Waals surface area (Å²) in [5.41, 5.74) is 2.36. The number of rotatable bonds is 5. The summed E-state index contributed by atoms with van der Waals surface area (Å²) in [5, 5.41) is 13.6. The van der Waals surface area contributed by atoms with Crippen molar-refractivity contribution >= 4 is 33.3 Å². The highest BCUT2D eigenvalue weighted by Gasteiger charge is 2.22. The lowest BCUT2D eigenvalue weighted by atomic mass is 10.0. The molecule has 1 saturated heterocycles. The molecule has 3 aromatic rings. The lowest BCUT2D eigenvalue weighted by Gasteiger charge is -2.08. The summed E-state index contributed by atoms with van der Waals surface area (Å²) < 4.78 is 7.56. The highest BCUT2D eigenvalue weighted by molar-refractivity contribution is 7.15. The van der Waals surface area contributed by atoms with Crippen molar-refractivity contribution in [2.75, 3.05) is 11.9 Å². The number of benzene rings is 1. The van der Waals surface area contributed by atoms with Crippen molar-refractivity contribution in [2.45, 2.75) is 45.3 Å². The normalized spacial score (nSPS) is 17.3. The van der Waals surface area contributed by atoms with E-state index in [-0.39, 0.29) is 18.6 Å². The smallest absolute Gasteiger partial charge is 0.246 e. The molecule has 1 N–H and O–H groups in total. The van der Waals surface area contributed by atoms with Gasteiger partial charge in [0, 0.05) is 18.3 Å². The van der Waals surface area contributed by atoms with Crippen LogP contribution >= 0.6 is 11.3 Å². The Labute approximate surface area is 156 Å². The van der Waals surface area contributed by atoms with E-state index in [1.807, 2.05) is 10.8 Å². The van der Waals surface area contributed by atoms with E-state index in [0.29, 0.717) is 11.0 Å². The minimum atomic E-state index is -0.106. The van der Waals surface area contributed by atoms with Gasteiger partial charge < -0.3 is 9.30 Å². The second-order valence-corrected chi connectivity index (χ2v) is 7.92. The first-order valence-corrected chi connectivity index (χ1v) is 9.75. The molecule has 26 heavy (non-hydrogen) atoms. The van der Waals surface area contributed by atoms with Crippen molar-refractivity contribution in [3.8, 4) is 0 Å². The molecule has 1 aliphatic rings. The maximum absolute atomic E-state index is 12.4. The van der Waals surface area contributed by atoms with Crippen molar-refractivity contribution in [3.63, 3.8) is 0 Å². The Kier molecular flexibility index (Phi) is 4.74. The zero-order valence-electron chi connectivity index (χ0n) is 14.9. The average Bonchev–Trinajstić information content (AvgIpc) is 3.35. The Balaban J connectivity index is 1.44. The number of hydrogen-bond acceptors (Lipinski definition) is 5. The van der Waals surface area contributed by atoms with Crippen LogP contribution in [0.25, 0.3) is 10.9 Å². The van der Waals surface area contributed by atoms with Crippen molar-refractivity contribution in [2.24, 2.45) is 0 Å². The maximum atomic E-state index is 12.4. The Hall–Kier alpha value is -2.25. The number of aromatic nitrogens is 3. The van der Waals surface area contributed by atoms with E-state index in [9.17, 15) is 4.79 Å². The predicted molar refractivity (Wildman–Crippen MR) is 102 cm³/mol. The highest BCUT2D eigenvalue weighted by atomic mass is 32.1. The highest BCUT2D eigenvalue weighted by Crippen LogP contribution is 2.32. The van der Waals surface area contributed by atoms with Crippen LogP contribution in [0.4, 0.5) is 5.13 Å². The second-order valence-electron chi connectivity index (χ2n) is 6.91. The number of ether oxygens (including phenoxy) is 1. The van der Waals surface area contributed by atoms with E-state index in [2.05, 4.69) is 53.6 Å². The molecule has 3 heterocycles. The SMILES string of the molecule is CC(C)c1ccc2c(ccn2CC(=O)Nc2nnc(C3CCCO3)s2)c1. The van der Waals surface area contributed by atoms with Crippen LogP contribution in [0.2, 0.25) is 0 Å². The topological polar surface area (TPSA) is 69.0 Å². The van der Waals surface area contributed by atoms with Crippen LogP contribution in [0.1, 0.15) is 49.3 Å². The largest absolute Gasteiger partial charge is 0.371 e. The van der Waals surface area contributed by atoms with Gasteiger partial charge in [0.05, 0.1) is 0 Å². The molecule has 1 unspecified atom stereocenters. The summed E-state index contributed by atoms with van der Waals surface area (Å²) in [5.74, 6) is 0.381. The summed E-state index contributed by atoms with van der Waals surface area (Å²) >= 11 is 1.39. The van der Waals surface area contributed by atoms with Crippen LogP contribution in [0, 0.1) is 0 Å². The number of fused-ring (bicyclic) bond motifs is 1. The number of amides is 1. The minimum Gasteiger partial charge on any atom is -0.371 e. The number of carbonyl (C=O) groups is 1. The van der Waals surface area contributed by atoms with Gasteiger partial charge in [0.25, 0.3) is 0 Å². The molecule has 6 nitrogen and oxygen atoms in total. The van der Waals surface area contributed by atoms with E-state index >= 15 is 0 Å². The maximum Gasteiger partial charge on any atom is 0.246 e. The van der Waals surface area contributed by atoms with Crippen molar-refractivity contribution in [3.05, 3.63) is 41.0 Å². The summed E-state index contributed by atoms with van der Waals surface area (Å²) in [4.78, 5) is 12.4. The molecule has 1 aromatic carbocycles. The molecule has 0 radical (unpaired) electrons. The summed E-state index contributed by atoms with van der Waals surface area (Å²) in [7, 11) is 0.